The minimum Gasteiger partial charge on any atom is -0.508 e. The van der Waals surface area contributed by atoms with E-state index in [0.717, 1.165) is 29.6 Å². The van der Waals surface area contributed by atoms with Crippen molar-refractivity contribution in [3.8, 4) is 11.5 Å². The smallest absolute Gasteiger partial charge is 0.141 e. The van der Waals surface area contributed by atoms with E-state index < -0.39 is 0 Å². The zero-order valence-electron chi connectivity index (χ0n) is 21.3. The van der Waals surface area contributed by atoms with E-state index >= 15 is 0 Å². The molecule has 5 rings (SSSR count). The summed E-state index contributed by atoms with van der Waals surface area (Å²) >= 11 is 0. The van der Waals surface area contributed by atoms with E-state index in [1.807, 2.05) is 25.1 Å². The van der Waals surface area contributed by atoms with Crippen molar-refractivity contribution in [3.63, 3.8) is 0 Å². The molecule has 5 atom stereocenters. The number of phenolic OH excluding ortho intramolecular Hbond substituents is 1. The van der Waals surface area contributed by atoms with Crippen molar-refractivity contribution in [2.75, 3.05) is 20.8 Å². The number of phenols is 1. The molecule has 2 saturated carbocycles. The molecule has 0 aliphatic heterocycles. The Hall–Kier alpha value is -2.00. The van der Waals surface area contributed by atoms with Crippen molar-refractivity contribution in [1.82, 2.24) is 4.90 Å². The molecule has 0 amide bonds. The molecule has 2 aromatic rings. The highest BCUT2D eigenvalue weighted by molar-refractivity contribution is 5.49. The minimum absolute atomic E-state index is 0.363. The van der Waals surface area contributed by atoms with Crippen LogP contribution in [0.5, 0.6) is 11.5 Å². The van der Waals surface area contributed by atoms with Gasteiger partial charge in [0, 0.05) is 0 Å². The van der Waals surface area contributed by atoms with Crippen LogP contribution in [0.15, 0.2) is 36.4 Å². The monoisotopic (exact) mass is 447 g/mol. The van der Waals surface area contributed by atoms with Crippen molar-refractivity contribution in [3.05, 3.63) is 58.7 Å². The Kier molecular flexibility index (Phi) is 5.55. The summed E-state index contributed by atoms with van der Waals surface area (Å²) in [7, 11) is 4.05. The van der Waals surface area contributed by atoms with E-state index in [0.29, 0.717) is 35.1 Å². The molecular weight excluding hydrogens is 406 g/mol. The molecular formula is C30H41NO2. The molecule has 1 N–H and O–H groups in total. The topological polar surface area (TPSA) is 32.7 Å². The molecule has 2 aromatic carbocycles. The maximum absolute atomic E-state index is 10.4. The molecule has 3 unspecified atom stereocenters. The average molecular weight is 448 g/mol. The summed E-state index contributed by atoms with van der Waals surface area (Å²) in [6, 6.07) is 13.2. The normalized spacial score (nSPS) is 32.2. The molecule has 0 saturated heterocycles. The van der Waals surface area contributed by atoms with E-state index in [1.165, 1.54) is 42.4 Å². The first-order chi connectivity index (χ1) is 15.6. The summed E-state index contributed by atoms with van der Waals surface area (Å²) in [5.41, 5.74) is 6.20. The summed E-state index contributed by atoms with van der Waals surface area (Å²) in [6.45, 7) is 10.3. The van der Waals surface area contributed by atoms with E-state index in [4.69, 9.17) is 4.74 Å². The summed E-state index contributed by atoms with van der Waals surface area (Å²) in [6.07, 6.45) is 6.29. The van der Waals surface area contributed by atoms with Gasteiger partial charge in [-0.3, -0.25) is 4.90 Å². The maximum Gasteiger partial charge on any atom is 0.141 e. The average Bonchev–Trinajstić information content (AvgIpc) is 3.03. The number of hydrogen-bond acceptors (Lipinski definition) is 3. The highest BCUT2D eigenvalue weighted by Crippen LogP contribution is 2.70. The van der Waals surface area contributed by atoms with E-state index in [-0.39, 0.29) is 0 Å². The molecule has 3 nitrogen and oxygen atoms in total. The van der Waals surface area contributed by atoms with E-state index in [9.17, 15) is 5.11 Å². The molecule has 178 valence electrons. The van der Waals surface area contributed by atoms with Gasteiger partial charge in [-0.15, -0.1) is 0 Å². The second-order valence-corrected chi connectivity index (χ2v) is 12.2. The molecule has 0 radical (unpaired) electrons. The van der Waals surface area contributed by atoms with Gasteiger partial charge in [-0.2, -0.15) is 0 Å². The lowest BCUT2D eigenvalue weighted by atomic mass is 9.47. The number of aromatic hydroxyl groups is 1. The van der Waals surface area contributed by atoms with Gasteiger partial charge in [0.25, 0.3) is 0 Å². The van der Waals surface area contributed by atoms with Gasteiger partial charge in [-0.05, 0) is 128 Å². The van der Waals surface area contributed by atoms with Gasteiger partial charge in [0.1, 0.15) is 18.2 Å². The lowest BCUT2D eigenvalue weighted by Crippen LogP contribution is -2.48. The summed E-state index contributed by atoms with van der Waals surface area (Å²) in [4.78, 5) is 2.04. The molecule has 0 heterocycles. The third-order valence-corrected chi connectivity index (χ3v) is 9.99. The molecule has 3 aliphatic rings. The van der Waals surface area contributed by atoms with Gasteiger partial charge < -0.3 is 9.84 Å². The number of benzene rings is 2. The van der Waals surface area contributed by atoms with Crippen LogP contribution in [0.1, 0.15) is 80.5 Å². The van der Waals surface area contributed by atoms with Crippen LogP contribution in [-0.2, 0) is 6.42 Å². The predicted molar refractivity (Wildman–Crippen MR) is 135 cm³/mol. The molecule has 2 fully saturated rings. The highest BCUT2D eigenvalue weighted by Gasteiger charge is 2.60. The van der Waals surface area contributed by atoms with Gasteiger partial charge in [-0.25, -0.2) is 0 Å². The van der Waals surface area contributed by atoms with Crippen LogP contribution in [0.2, 0.25) is 0 Å². The zero-order valence-corrected chi connectivity index (χ0v) is 21.3. The maximum atomic E-state index is 10.4. The van der Waals surface area contributed by atoms with Crippen molar-refractivity contribution in [2.45, 2.75) is 71.6 Å². The minimum atomic E-state index is 0.363. The van der Waals surface area contributed by atoms with Gasteiger partial charge >= 0.3 is 0 Å². The van der Waals surface area contributed by atoms with Crippen LogP contribution < -0.4 is 4.74 Å². The molecule has 0 aromatic heterocycles. The second kappa shape index (κ2) is 8.05. The Morgan fingerprint density at radius 1 is 1.03 bits per heavy atom. The zero-order chi connectivity index (χ0) is 23.5. The lowest BCUT2D eigenvalue weighted by Gasteiger charge is -2.57. The molecule has 3 heteroatoms. The first kappa shape index (κ1) is 22.8. The lowest BCUT2D eigenvalue weighted by molar-refractivity contribution is -0.0207. The Morgan fingerprint density at radius 2 is 1.76 bits per heavy atom. The van der Waals surface area contributed by atoms with Crippen molar-refractivity contribution >= 4 is 0 Å². The summed E-state index contributed by atoms with van der Waals surface area (Å²) < 4.78 is 5.92. The second-order valence-electron chi connectivity index (χ2n) is 12.2. The van der Waals surface area contributed by atoms with Crippen LogP contribution in [0, 0.1) is 29.6 Å². The van der Waals surface area contributed by atoms with Gasteiger partial charge in [0.05, 0.1) is 0 Å². The molecule has 0 spiro atoms. The fraction of sp³-hybridized carbons (Fsp3) is 0.600. The van der Waals surface area contributed by atoms with Gasteiger partial charge in [-0.1, -0.05) is 39.0 Å². The number of fused-ring (bicyclic) bond motifs is 5. The molecule has 0 bridgehead atoms. The van der Waals surface area contributed by atoms with Crippen LogP contribution >= 0.6 is 0 Å². The SMILES string of the molecule is Cc1c(O)ccc2c1CCC1C2[C@@H](c2ccc(OCN(C)C)cc2)C[C@@]2(C)C1CCC2(C)C. The number of rotatable bonds is 4. The van der Waals surface area contributed by atoms with Crippen LogP contribution in [0.3, 0.4) is 0 Å². The van der Waals surface area contributed by atoms with Gasteiger partial charge in [0.2, 0.25) is 0 Å². The third-order valence-electron chi connectivity index (χ3n) is 9.99. The fourth-order valence-electron chi connectivity index (χ4n) is 7.76. The standard InChI is InChI=1S/C30H41NO2/c1-19-22-11-12-24-26-15-16-29(2,3)30(26,4)17-25(28(24)23(22)13-14-27(19)32)20-7-9-21(10-8-20)33-18-31(5)6/h7-10,13-14,24-26,28,32H,11-12,15-18H2,1-6H3/t24?,25-,26?,28?,30+/m1/s1. The first-order valence-corrected chi connectivity index (χ1v) is 12.8. The summed E-state index contributed by atoms with van der Waals surface area (Å²) in [5, 5.41) is 10.4. The van der Waals surface area contributed by atoms with E-state index in [1.54, 1.807) is 0 Å². The fourth-order valence-corrected chi connectivity index (χ4v) is 7.76. The van der Waals surface area contributed by atoms with Gasteiger partial charge in [0.15, 0.2) is 0 Å². The first-order valence-electron chi connectivity index (χ1n) is 12.8. The molecule has 33 heavy (non-hydrogen) atoms. The van der Waals surface area contributed by atoms with Crippen molar-refractivity contribution < 1.29 is 9.84 Å². The van der Waals surface area contributed by atoms with Crippen LogP contribution in [-0.4, -0.2) is 30.8 Å². The quantitative estimate of drug-likeness (QED) is 0.519. The number of ether oxygens (including phenoxy) is 1. The Labute approximate surface area is 200 Å². The summed E-state index contributed by atoms with van der Waals surface area (Å²) in [5.74, 6) is 3.94. The Balaban J connectivity index is 1.57. The Morgan fingerprint density at radius 3 is 2.45 bits per heavy atom. The number of nitrogens with zero attached hydrogens (tertiary/aromatic N) is 1. The van der Waals surface area contributed by atoms with Crippen LogP contribution in [0.4, 0.5) is 0 Å². The van der Waals surface area contributed by atoms with Crippen molar-refractivity contribution in [2.24, 2.45) is 22.7 Å². The molecule has 3 aliphatic carbocycles. The van der Waals surface area contributed by atoms with Crippen LogP contribution in [0.25, 0.3) is 0 Å². The highest BCUT2D eigenvalue weighted by atomic mass is 16.5. The predicted octanol–water partition coefficient (Wildman–Crippen LogP) is 6.87. The third kappa shape index (κ3) is 3.58. The number of hydrogen-bond donors (Lipinski definition) is 1. The largest absolute Gasteiger partial charge is 0.508 e. The Bertz CT molecular complexity index is 1020. The van der Waals surface area contributed by atoms with E-state index in [2.05, 4.69) is 58.0 Å². The van der Waals surface area contributed by atoms with Crippen molar-refractivity contribution in [1.29, 1.82) is 0 Å².